The molecule has 0 saturated carbocycles. The number of rotatable bonds is 2. The van der Waals surface area contributed by atoms with Crippen LogP contribution in [-0.2, 0) is 6.42 Å². The fourth-order valence-corrected chi connectivity index (χ4v) is 3.30. The highest BCUT2D eigenvalue weighted by Crippen LogP contribution is 2.33. The summed E-state index contributed by atoms with van der Waals surface area (Å²) < 4.78 is 1.10. The number of nitrogens with zero attached hydrogens (tertiary/aromatic N) is 1. The van der Waals surface area contributed by atoms with Crippen LogP contribution in [0.15, 0.2) is 16.6 Å². The lowest BCUT2D eigenvalue weighted by Crippen LogP contribution is -2.27. The van der Waals surface area contributed by atoms with Crippen molar-refractivity contribution in [3.63, 3.8) is 0 Å². The average Bonchev–Trinajstić information content (AvgIpc) is 2.63. The zero-order valence-corrected chi connectivity index (χ0v) is 11.7. The maximum absolute atomic E-state index is 6.11. The molecule has 1 aromatic carbocycles. The summed E-state index contributed by atoms with van der Waals surface area (Å²) in [6, 6.07) is 4.30. The molecule has 1 aliphatic rings. The Kier molecular flexibility index (Phi) is 3.77. The number of benzene rings is 1. The molecule has 1 saturated heterocycles. The first-order valence-corrected chi connectivity index (χ1v) is 6.77. The lowest BCUT2D eigenvalue weighted by atomic mass is 10.1. The van der Waals surface area contributed by atoms with Crippen molar-refractivity contribution in [1.29, 1.82) is 0 Å². The van der Waals surface area contributed by atoms with Gasteiger partial charge in [0.25, 0.3) is 0 Å². The van der Waals surface area contributed by atoms with E-state index in [2.05, 4.69) is 27.8 Å². The normalized spacial score (nSPS) is 20.5. The van der Waals surface area contributed by atoms with Crippen molar-refractivity contribution in [2.45, 2.75) is 25.8 Å². The predicted molar refractivity (Wildman–Crippen MR) is 73.3 cm³/mol. The van der Waals surface area contributed by atoms with Crippen molar-refractivity contribution in [1.82, 2.24) is 0 Å². The van der Waals surface area contributed by atoms with Gasteiger partial charge in [0.1, 0.15) is 0 Å². The van der Waals surface area contributed by atoms with E-state index in [1.54, 1.807) is 0 Å². The number of halogens is 2. The minimum Gasteiger partial charge on any atom is -0.370 e. The van der Waals surface area contributed by atoms with E-state index in [0.29, 0.717) is 6.04 Å². The van der Waals surface area contributed by atoms with Gasteiger partial charge in [0.15, 0.2) is 0 Å². The second-order valence-electron chi connectivity index (χ2n) is 4.23. The Labute approximate surface area is 110 Å². The number of nitrogens with two attached hydrogens (primary N) is 1. The van der Waals surface area contributed by atoms with E-state index in [1.807, 2.05) is 12.1 Å². The third-order valence-electron chi connectivity index (χ3n) is 3.06. The first kappa shape index (κ1) is 12.2. The van der Waals surface area contributed by atoms with Crippen LogP contribution in [0.4, 0.5) is 5.69 Å². The van der Waals surface area contributed by atoms with Crippen molar-refractivity contribution >= 4 is 33.2 Å². The van der Waals surface area contributed by atoms with Crippen molar-refractivity contribution in [3.05, 3.63) is 27.2 Å². The fourth-order valence-electron chi connectivity index (χ4n) is 2.23. The summed E-state index contributed by atoms with van der Waals surface area (Å²) in [5.41, 5.74) is 8.49. The Hall–Kier alpha value is -0.250. The molecule has 1 atom stereocenters. The molecular formula is C12H16BrClN2. The van der Waals surface area contributed by atoms with E-state index in [1.165, 1.54) is 11.3 Å². The molecule has 0 aliphatic carbocycles. The maximum atomic E-state index is 6.11. The summed E-state index contributed by atoms with van der Waals surface area (Å²) in [4.78, 5) is 2.33. The van der Waals surface area contributed by atoms with E-state index in [4.69, 9.17) is 17.3 Å². The van der Waals surface area contributed by atoms with Crippen LogP contribution < -0.4 is 10.6 Å². The smallest absolute Gasteiger partial charge is 0.0438 e. The van der Waals surface area contributed by atoms with Gasteiger partial charge >= 0.3 is 0 Å². The largest absolute Gasteiger partial charge is 0.370 e. The Balaban J connectivity index is 2.38. The molecule has 0 bridgehead atoms. The van der Waals surface area contributed by atoms with Crippen LogP contribution in [0.3, 0.4) is 0 Å². The molecule has 1 aliphatic heterocycles. The quantitative estimate of drug-likeness (QED) is 0.909. The number of hydrogen-bond acceptors (Lipinski definition) is 2. The highest BCUT2D eigenvalue weighted by Gasteiger charge is 2.22. The molecule has 1 unspecified atom stereocenters. The van der Waals surface area contributed by atoms with Gasteiger partial charge in [0.05, 0.1) is 0 Å². The van der Waals surface area contributed by atoms with E-state index >= 15 is 0 Å². The van der Waals surface area contributed by atoms with Crippen LogP contribution in [0.2, 0.25) is 5.02 Å². The van der Waals surface area contributed by atoms with Crippen molar-refractivity contribution in [3.8, 4) is 0 Å². The zero-order chi connectivity index (χ0) is 11.7. The van der Waals surface area contributed by atoms with E-state index < -0.39 is 0 Å². The highest BCUT2D eigenvalue weighted by atomic mass is 79.9. The predicted octanol–water partition coefficient (Wildman–Crippen LogP) is 3.20. The Bertz CT molecular complexity index is 395. The third-order valence-corrected chi connectivity index (χ3v) is 3.98. The average molecular weight is 304 g/mol. The summed E-state index contributed by atoms with van der Waals surface area (Å²) in [6.45, 7) is 4.12. The lowest BCUT2D eigenvalue weighted by molar-refractivity contribution is 0.752. The van der Waals surface area contributed by atoms with Crippen LogP contribution in [0.1, 0.15) is 18.9 Å². The van der Waals surface area contributed by atoms with Gasteiger partial charge in [-0.2, -0.15) is 0 Å². The Morgan fingerprint density at radius 1 is 1.56 bits per heavy atom. The first-order chi connectivity index (χ1) is 7.61. The van der Waals surface area contributed by atoms with Gasteiger partial charge in [-0.15, -0.1) is 0 Å². The van der Waals surface area contributed by atoms with Gasteiger partial charge in [0, 0.05) is 34.3 Å². The van der Waals surface area contributed by atoms with Crippen molar-refractivity contribution in [2.24, 2.45) is 5.73 Å². The molecule has 0 amide bonds. The molecule has 1 fully saturated rings. The summed E-state index contributed by atoms with van der Waals surface area (Å²) in [6.07, 6.45) is 2.06. The van der Waals surface area contributed by atoms with Gasteiger partial charge in [-0.25, -0.2) is 0 Å². The molecule has 88 valence electrons. The monoisotopic (exact) mass is 302 g/mol. The number of hydrogen-bond donors (Lipinski definition) is 1. The van der Waals surface area contributed by atoms with Crippen LogP contribution in [0, 0.1) is 0 Å². The van der Waals surface area contributed by atoms with E-state index in [9.17, 15) is 0 Å². The van der Waals surface area contributed by atoms with Crippen LogP contribution in [0.5, 0.6) is 0 Å². The molecule has 0 spiro atoms. The maximum Gasteiger partial charge on any atom is 0.0438 e. The Morgan fingerprint density at radius 3 is 2.88 bits per heavy atom. The standard InChI is InChI=1S/C12H16BrClN2/c1-2-10-11(13)5-8(14)6-12(10)16-4-3-9(15)7-16/h5-6,9H,2-4,7,15H2,1H3. The van der Waals surface area contributed by atoms with Gasteiger partial charge in [0.2, 0.25) is 0 Å². The molecule has 16 heavy (non-hydrogen) atoms. The topological polar surface area (TPSA) is 29.3 Å². The van der Waals surface area contributed by atoms with Crippen LogP contribution >= 0.6 is 27.5 Å². The molecular weight excluding hydrogens is 288 g/mol. The molecule has 1 aromatic rings. The van der Waals surface area contributed by atoms with Gasteiger partial charge in [-0.05, 0) is 30.5 Å². The fraction of sp³-hybridized carbons (Fsp3) is 0.500. The lowest BCUT2D eigenvalue weighted by Gasteiger charge is -2.22. The molecule has 4 heteroatoms. The first-order valence-electron chi connectivity index (χ1n) is 5.60. The molecule has 2 nitrogen and oxygen atoms in total. The van der Waals surface area contributed by atoms with E-state index in [0.717, 1.165) is 35.4 Å². The molecule has 2 N–H and O–H groups in total. The van der Waals surface area contributed by atoms with Crippen LogP contribution in [-0.4, -0.2) is 19.1 Å². The zero-order valence-electron chi connectivity index (χ0n) is 9.34. The SMILES string of the molecule is CCc1c(Br)cc(Cl)cc1N1CCC(N)C1. The Morgan fingerprint density at radius 2 is 2.31 bits per heavy atom. The second kappa shape index (κ2) is 4.94. The number of anilines is 1. The van der Waals surface area contributed by atoms with Crippen molar-refractivity contribution in [2.75, 3.05) is 18.0 Å². The highest BCUT2D eigenvalue weighted by molar-refractivity contribution is 9.10. The molecule has 1 heterocycles. The molecule has 0 aromatic heterocycles. The minimum absolute atomic E-state index is 0.294. The summed E-state index contributed by atoms with van der Waals surface area (Å²) in [5.74, 6) is 0. The minimum atomic E-state index is 0.294. The summed E-state index contributed by atoms with van der Waals surface area (Å²) in [5, 5.41) is 0.777. The van der Waals surface area contributed by atoms with E-state index in [-0.39, 0.29) is 0 Å². The third kappa shape index (κ3) is 2.36. The van der Waals surface area contributed by atoms with Gasteiger partial charge in [-0.1, -0.05) is 34.5 Å². The summed E-state index contributed by atoms with van der Waals surface area (Å²) in [7, 11) is 0. The van der Waals surface area contributed by atoms with Crippen molar-refractivity contribution < 1.29 is 0 Å². The second-order valence-corrected chi connectivity index (χ2v) is 5.52. The van der Waals surface area contributed by atoms with Crippen LogP contribution in [0.25, 0.3) is 0 Å². The van der Waals surface area contributed by atoms with Gasteiger partial charge in [-0.3, -0.25) is 0 Å². The molecule has 2 rings (SSSR count). The van der Waals surface area contributed by atoms with Gasteiger partial charge < -0.3 is 10.6 Å². The summed E-state index contributed by atoms with van der Waals surface area (Å²) >= 11 is 9.68. The molecule has 0 radical (unpaired) electrons.